The van der Waals surface area contributed by atoms with Gasteiger partial charge in [0.25, 0.3) is 0 Å². The number of aliphatic hydroxyl groups excluding tert-OH is 1. The van der Waals surface area contributed by atoms with E-state index in [2.05, 4.69) is 10.2 Å². The summed E-state index contributed by atoms with van der Waals surface area (Å²) in [5.41, 5.74) is -0.734. The molecule has 138 valence electrons. The first-order chi connectivity index (χ1) is 11.8. The highest BCUT2D eigenvalue weighted by Crippen LogP contribution is 2.30. The van der Waals surface area contributed by atoms with Crippen molar-refractivity contribution >= 4 is 23.1 Å². The normalized spacial score (nSPS) is 13.2. The number of hydrogen-bond donors (Lipinski definition) is 1. The number of likely N-dealkylation sites (N-methyl/N-ethyl adjacent to an activating group) is 1. The fraction of sp³-hybridized carbons (Fsp3) is 0.467. The Kier molecular flexibility index (Phi) is 7.05. The molecule has 10 heteroatoms. The quantitative estimate of drug-likeness (QED) is 0.696. The molecule has 1 N–H and O–H groups in total. The van der Waals surface area contributed by atoms with Gasteiger partial charge in [-0.15, -0.1) is 10.2 Å². The monoisotopic (exact) mass is 393 g/mol. The van der Waals surface area contributed by atoms with Gasteiger partial charge >= 0.3 is 6.18 Å². The van der Waals surface area contributed by atoms with Crippen molar-refractivity contribution in [2.75, 3.05) is 26.5 Å². The van der Waals surface area contributed by atoms with Gasteiger partial charge in [0.1, 0.15) is 23.5 Å². The minimum Gasteiger partial charge on any atom is -0.491 e. The van der Waals surface area contributed by atoms with Gasteiger partial charge in [-0.25, -0.2) is 0 Å². The molecule has 0 fully saturated rings. The Balaban J connectivity index is 1.76. The molecular formula is C15H18F3N3O2S2. The van der Waals surface area contributed by atoms with Gasteiger partial charge < -0.3 is 9.84 Å². The first-order valence-electron chi connectivity index (χ1n) is 7.31. The molecule has 1 heterocycles. The second-order valence-electron chi connectivity index (χ2n) is 5.35. The standard InChI is InChI=1S/C15H18F3N3O2S2/c1-21(8-13-19-20-14(24-2)25-13)7-11(22)9-23-12-5-3-10(4-6-12)15(16,17)18/h3-6,11,22H,7-9H2,1-2H3/t11-/m1/s1. The number of rotatable bonds is 8. The van der Waals surface area contributed by atoms with Crippen LogP contribution in [0.2, 0.25) is 0 Å². The number of alkyl halides is 3. The number of nitrogens with zero attached hydrogens (tertiary/aromatic N) is 3. The van der Waals surface area contributed by atoms with E-state index in [-0.39, 0.29) is 12.4 Å². The molecule has 0 unspecified atom stereocenters. The molecule has 5 nitrogen and oxygen atoms in total. The van der Waals surface area contributed by atoms with Crippen LogP contribution in [0.25, 0.3) is 0 Å². The molecule has 0 aliphatic heterocycles. The van der Waals surface area contributed by atoms with E-state index in [4.69, 9.17) is 4.74 Å². The summed E-state index contributed by atoms with van der Waals surface area (Å²) in [6, 6.07) is 4.38. The van der Waals surface area contributed by atoms with Gasteiger partial charge in [0.05, 0.1) is 12.1 Å². The zero-order valence-electron chi connectivity index (χ0n) is 13.7. The van der Waals surface area contributed by atoms with E-state index in [1.165, 1.54) is 35.2 Å². The predicted molar refractivity (Wildman–Crippen MR) is 91.0 cm³/mol. The van der Waals surface area contributed by atoms with E-state index < -0.39 is 17.8 Å². The first kappa shape index (κ1) is 20.0. The number of aliphatic hydroxyl groups is 1. The molecule has 25 heavy (non-hydrogen) atoms. The zero-order valence-corrected chi connectivity index (χ0v) is 15.3. The maximum atomic E-state index is 12.5. The average molecular weight is 393 g/mol. The fourth-order valence-electron chi connectivity index (χ4n) is 2.03. The molecule has 0 aliphatic rings. The Morgan fingerprint density at radius 2 is 1.96 bits per heavy atom. The van der Waals surface area contributed by atoms with Gasteiger partial charge in [-0.1, -0.05) is 23.1 Å². The fourth-order valence-corrected chi connectivity index (χ4v) is 3.42. The van der Waals surface area contributed by atoms with Crippen molar-refractivity contribution in [3.05, 3.63) is 34.8 Å². The lowest BCUT2D eigenvalue weighted by molar-refractivity contribution is -0.137. The third-order valence-electron chi connectivity index (χ3n) is 3.17. The summed E-state index contributed by atoms with van der Waals surface area (Å²) < 4.78 is 43.7. The second kappa shape index (κ2) is 8.84. The third kappa shape index (κ3) is 6.46. The van der Waals surface area contributed by atoms with Crippen LogP contribution >= 0.6 is 23.1 Å². The molecule has 0 aliphatic carbocycles. The molecule has 1 aromatic heterocycles. The van der Waals surface area contributed by atoms with Crippen LogP contribution in [-0.2, 0) is 12.7 Å². The molecule has 0 radical (unpaired) electrons. The summed E-state index contributed by atoms with van der Waals surface area (Å²) in [4.78, 5) is 1.88. The number of ether oxygens (including phenoxy) is 1. The number of benzene rings is 1. The Labute approximate surface area is 151 Å². The molecule has 0 amide bonds. The van der Waals surface area contributed by atoms with Crippen molar-refractivity contribution in [1.82, 2.24) is 15.1 Å². The van der Waals surface area contributed by atoms with Crippen LogP contribution in [0, 0.1) is 0 Å². The van der Waals surface area contributed by atoms with E-state index in [9.17, 15) is 18.3 Å². The van der Waals surface area contributed by atoms with Crippen LogP contribution in [-0.4, -0.2) is 52.8 Å². The largest absolute Gasteiger partial charge is 0.491 e. The van der Waals surface area contributed by atoms with Gasteiger partial charge in [0.2, 0.25) is 0 Å². The predicted octanol–water partition coefficient (Wildman–Crippen LogP) is 3.15. The average Bonchev–Trinajstić information content (AvgIpc) is 3.00. The maximum absolute atomic E-state index is 12.5. The van der Waals surface area contributed by atoms with Crippen molar-refractivity contribution in [1.29, 1.82) is 0 Å². The summed E-state index contributed by atoms with van der Waals surface area (Å²) in [6.07, 6.45) is -3.22. The van der Waals surface area contributed by atoms with Gasteiger partial charge in [-0.3, -0.25) is 4.90 Å². The van der Waals surface area contributed by atoms with Crippen molar-refractivity contribution in [3.8, 4) is 5.75 Å². The molecule has 2 aromatic rings. The Bertz CT molecular complexity index is 665. The second-order valence-corrected chi connectivity index (χ2v) is 7.46. The number of aromatic nitrogens is 2. The van der Waals surface area contributed by atoms with E-state index in [0.717, 1.165) is 21.5 Å². The summed E-state index contributed by atoms with van der Waals surface area (Å²) in [6.45, 7) is 0.881. The molecule has 0 saturated carbocycles. The highest BCUT2D eigenvalue weighted by Gasteiger charge is 2.30. The van der Waals surface area contributed by atoms with Crippen LogP contribution < -0.4 is 4.74 Å². The van der Waals surface area contributed by atoms with Crippen molar-refractivity contribution in [3.63, 3.8) is 0 Å². The number of thioether (sulfide) groups is 1. The van der Waals surface area contributed by atoms with Gasteiger partial charge in [-0.2, -0.15) is 13.2 Å². The van der Waals surface area contributed by atoms with E-state index in [1.807, 2.05) is 18.2 Å². The smallest absolute Gasteiger partial charge is 0.416 e. The Morgan fingerprint density at radius 1 is 1.28 bits per heavy atom. The topological polar surface area (TPSA) is 58.5 Å². The van der Waals surface area contributed by atoms with Crippen molar-refractivity contribution in [2.45, 2.75) is 23.2 Å². The minimum absolute atomic E-state index is 0.0120. The Morgan fingerprint density at radius 3 is 2.52 bits per heavy atom. The number of halogens is 3. The minimum atomic E-state index is -4.37. The lowest BCUT2D eigenvalue weighted by atomic mass is 10.2. The van der Waals surface area contributed by atoms with E-state index >= 15 is 0 Å². The van der Waals surface area contributed by atoms with Gasteiger partial charge in [0, 0.05) is 6.54 Å². The van der Waals surface area contributed by atoms with Gasteiger partial charge in [-0.05, 0) is 37.6 Å². The molecule has 0 saturated heterocycles. The highest BCUT2D eigenvalue weighted by molar-refractivity contribution is 8.00. The highest BCUT2D eigenvalue weighted by atomic mass is 32.2. The summed E-state index contributed by atoms with van der Waals surface area (Å²) in [7, 11) is 1.83. The molecule has 0 spiro atoms. The van der Waals surface area contributed by atoms with Crippen LogP contribution in [0.5, 0.6) is 5.75 Å². The van der Waals surface area contributed by atoms with Crippen LogP contribution in [0.15, 0.2) is 28.6 Å². The molecule has 0 bridgehead atoms. The number of hydrogen-bond acceptors (Lipinski definition) is 7. The van der Waals surface area contributed by atoms with Crippen LogP contribution in [0.1, 0.15) is 10.6 Å². The molecule has 1 aromatic carbocycles. The SMILES string of the molecule is CSc1nnc(CN(C)C[C@@H](O)COc2ccc(C(F)(F)F)cc2)s1. The summed E-state index contributed by atoms with van der Waals surface area (Å²) >= 11 is 3.02. The maximum Gasteiger partial charge on any atom is 0.416 e. The van der Waals surface area contributed by atoms with E-state index in [1.54, 1.807) is 0 Å². The molecule has 2 rings (SSSR count). The summed E-state index contributed by atoms with van der Waals surface area (Å²) in [5, 5.41) is 18.9. The lowest BCUT2D eigenvalue weighted by Crippen LogP contribution is -2.32. The van der Waals surface area contributed by atoms with E-state index in [0.29, 0.717) is 13.1 Å². The van der Waals surface area contributed by atoms with Gasteiger partial charge in [0.15, 0.2) is 4.34 Å². The molecule has 1 atom stereocenters. The third-order valence-corrected chi connectivity index (χ3v) is 5.06. The zero-order chi connectivity index (χ0) is 18.4. The lowest BCUT2D eigenvalue weighted by Gasteiger charge is -2.19. The van der Waals surface area contributed by atoms with Crippen LogP contribution in [0.4, 0.5) is 13.2 Å². The van der Waals surface area contributed by atoms with Crippen molar-refractivity contribution < 1.29 is 23.0 Å². The first-order valence-corrected chi connectivity index (χ1v) is 9.35. The molecular weight excluding hydrogens is 375 g/mol. The Hall–Kier alpha value is -1.36. The summed E-state index contributed by atoms with van der Waals surface area (Å²) in [5.74, 6) is 0.281. The van der Waals surface area contributed by atoms with Crippen molar-refractivity contribution in [2.24, 2.45) is 0 Å². The van der Waals surface area contributed by atoms with Crippen LogP contribution in [0.3, 0.4) is 0 Å².